The topological polar surface area (TPSA) is 26.5 Å². The van der Waals surface area contributed by atoms with Gasteiger partial charge in [0.25, 0.3) is 0 Å². The number of nitrogens with zero attached hydrogens (tertiary/aromatic N) is 2. The van der Waals surface area contributed by atoms with E-state index < -0.39 is 0 Å². The van der Waals surface area contributed by atoms with Crippen molar-refractivity contribution in [3.8, 4) is 0 Å². The first-order valence-electron chi connectivity index (χ1n) is 2.79. The predicted octanol–water partition coefficient (Wildman–Crippen LogP) is 1.67. The third-order valence-corrected chi connectivity index (χ3v) is 0.975. The minimum atomic E-state index is 0. The second-order valence-corrected chi connectivity index (χ2v) is 1.96. The van der Waals surface area contributed by atoms with E-state index in [0.29, 0.717) is 5.92 Å². The molecule has 0 atom stereocenters. The van der Waals surface area contributed by atoms with Crippen molar-refractivity contribution >= 4 is 5.84 Å². The fraction of sp³-hybridized carbons (Fsp3) is 0.833. The molecule has 1 radical (unpaired) electrons. The number of aliphatic imine (C=N–C) groups is 1. The summed E-state index contributed by atoms with van der Waals surface area (Å²) in [7, 11) is 3.53. The molecule has 0 aliphatic carbocycles. The summed E-state index contributed by atoms with van der Waals surface area (Å²) in [6.45, 7) is 4.16. The van der Waals surface area contributed by atoms with Crippen LogP contribution in [0.15, 0.2) is 4.99 Å². The van der Waals surface area contributed by atoms with Crippen LogP contribution in [0.3, 0.4) is 0 Å². The molecule has 0 bridgehead atoms. The summed E-state index contributed by atoms with van der Waals surface area (Å²) in [5.41, 5.74) is 0. The zero-order valence-electron chi connectivity index (χ0n) is 6.68. The minimum absolute atomic E-state index is 0. The number of amidine groups is 1. The zero-order chi connectivity index (χ0) is 6.57. The van der Waals surface area contributed by atoms with Crippen molar-refractivity contribution in [3.63, 3.8) is 0 Å². The normalized spacial score (nSPS) is 9.90. The fourth-order valence-electron chi connectivity index (χ4n) is 0.616. The van der Waals surface area contributed by atoms with Crippen LogP contribution in [0.1, 0.15) is 13.8 Å². The van der Waals surface area contributed by atoms with Crippen LogP contribution in [0.25, 0.3) is 5.32 Å². The molecule has 0 unspecified atom stereocenters. The molecule has 0 aromatic heterocycles. The van der Waals surface area contributed by atoms with Crippen LogP contribution in [-0.4, -0.2) is 19.9 Å². The maximum atomic E-state index is 3.96. The second-order valence-electron chi connectivity index (χ2n) is 1.96. The Morgan fingerprint density at radius 2 is 1.80 bits per heavy atom. The molecule has 0 heterocycles. The standard InChI is InChI=1S/C6H13N2.2Ru/c1-5(2)6(7-3)8-4;;/h5H,1-4H3;;/q-1;;+1. The van der Waals surface area contributed by atoms with E-state index in [9.17, 15) is 0 Å². The van der Waals surface area contributed by atoms with Crippen molar-refractivity contribution in [2.45, 2.75) is 13.8 Å². The Balaban J connectivity index is -0.000000245. The molecule has 0 saturated heterocycles. The van der Waals surface area contributed by atoms with E-state index >= 15 is 0 Å². The van der Waals surface area contributed by atoms with E-state index in [1.165, 1.54) is 0 Å². The molecule has 0 aliphatic rings. The van der Waals surface area contributed by atoms with Gasteiger partial charge < -0.3 is 10.3 Å². The largest absolute Gasteiger partial charge is 1.00 e. The molecule has 63 valence electrons. The van der Waals surface area contributed by atoms with E-state index in [4.69, 9.17) is 0 Å². The maximum absolute atomic E-state index is 3.96. The Morgan fingerprint density at radius 1 is 1.40 bits per heavy atom. The van der Waals surface area contributed by atoms with Crippen molar-refractivity contribution < 1.29 is 39.0 Å². The molecule has 0 amide bonds. The van der Waals surface area contributed by atoms with E-state index in [-0.39, 0.29) is 39.0 Å². The molecular formula is C6H13N2Ru2. The van der Waals surface area contributed by atoms with Crippen LogP contribution >= 0.6 is 0 Å². The van der Waals surface area contributed by atoms with Crippen molar-refractivity contribution in [2.24, 2.45) is 10.9 Å². The molecule has 0 aliphatic heterocycles. The molecule has 0 aromatic rings. The number of hydrogen-bond acceptors (Lipinski definition) is 1. The van der Waals surface area contributed by atoms with Gasteiger partial charge >= 0.3 is 19.5 Å². The summed E-state index contributed by atoms with van der Waals surface area (Å²) in [5.74, 6) is 1.40. The third-order valence-electron chi connectivity index (χ3n) is 0.975. The van der Waals surface area contributed by atoms with Crippen LogP contribution in [-0.2, 0) is 39.0 Å². The van der Waals surface area contributed by atoms with Gasteiger partial charge in [-0.25, -0.2) is 0 Å². The Morgan fingerprint density at radius 3 is 1.80 bits per heavy atom. The van der Waals surface area contributed by atoms with Crippen molar-refractivity contribution in [1.29, 1.82) is 0 Å². The molecule has 2 nitrogen and oxygen atoms in total. The maximum Gasteiger partial charge on any atom is 1.00 e. The molecule has 0 rings (SSSR count). The Bertz CT molecular complexity index is 91.7. The number of hydrogen-bond donors (Lipinski definition) is 0. The van der Waals surface area contributed by atoms with Crippen LogP contribution < -0.4 is 0 Å². The van der Waals surface area contributed by atoms with E-state index in [1.807, 2.05) is 0 Å². The fourth-order valence-corrected chi connectivity index (χ4v) is 0.616. The van der Waals surface area contributed by atoms with Crippen molar-refractivity contribution in [2.75, 3.05) is 14.1 Å². The van der Waals surface area contributed by atoms with Crippen LogP contribution in [0.5, 0.6) is 0 Å². The van der Waals surface area contributed by atoms with Gasteiger partial charge in [0.15, 0.2) is 0 Å². The van der Waals surface area contributed by atoms with E-state index in [1.54, 1.807) is 14.1 Å². The van der Waals surface area contributed by atoms with Gasteiger partial charge in [0.05, 0.1) is 0 Å². The smallest absolute Gasteiger partial charge is 0.472 e. The van der Waals surface area contributed by atoms with Crippen LogP contribution in [0.4, 0.5) is 0 Å². The summed E-state index contributed by atoms with van der Waals surface area (Å²) in [5, 5.41) is 3.96. The quantitative estimate of drug-likeness (QED) is 0.400. The van der Waals surface area contributed by atoms with E-state index in [0.717, 1.165) is 5.84 Å². The third kappa shape index (κ3) is 6.83. The van der Waals surface area contributed by atoms with Gasteiger partial charge in [-0.2, -0.15) is 0 Å². The van der Waals surface area contributed by atoms with Crippen LogP contribution in [0.2, 0.25) is 0 Å². The molecule has 0 aromatic carbocycles. The van der Waals surface area contributed by atoms with Gasteiger partial charge in [0.1, 0.15) is 0 Å². The van der Waals surface area contributed by atoms with Crippen LogP contribution in [0, 0.1) is 5.92 Å². The average Bonchev–Trinajstić information content (AvgIpc) is 1.69. The molecule has 0 saturated carbocycles. The summed E-state index contributed by atoms with van der Waals surface area (Å²) < 4.78 is 0. The monoisotopic (exact) mass is 317 g/mol. The first-order valence-corrected chi connectivity index (χ1v) is 2.79. The summed E-state index contributed by atoms with van der Waals surface area (Å²) in [6.07, 6.45) is 0. The second kappa shape index (κ2) is 9.72. The molecule has 0 spiro atoms. The first kappa shape index (κ1) is 17.0. The minimum Gasteiger partial charge on any atom is -0.472 e. The van der Waals surface area contributed by atoms with Gasteiger partial charge in [-0.1, -0.05) is 33.8 Å². The molecule has 0 N–H and O–H groups in total. The van der Waals surface area contributed by atoms with E-state index in [2.05, 4.69) is 24.2 Å². The van der Waals surface area contributed by atoms with Crippen molar-refractivity contribution in [3.05, 3.63) is 5.32 Å². The SMILES string of the molecule is CN=C([N-]C)C(C)C.[Ru+].[Ru]. The van der Waals surface area contributed by atoms with Gasteiger partial charge in [0.2, 0.25) is 0 Å². The zero-order valence-corrected chi connectivity index (χ0v) is 10.2. The summed E-state index contributed by atoms with van der Waals surface area (Å²) >= 11 is 0. The van der Waals surface area contributed by atoms with Gasteiger partial charge in [-0.15, -0.1) is 0 Å². The first-order chi connectivity index (χ1) is 3.72. The average molecular weight is 315 g/mol. The summed E-state index contributed by atoms with van der Waals surface area (Å²) in [4.78, 5) is 3.96. The molecule has 0 fully saturated rings. The predicted molar refractivity (Wildman–Crippen MR) is 37.5 cm³/mol. The Labute approximate surface area is 88.8 Å². The van der Waals surface area contributed by atoms with Gasteiger partial charge in [-0.05, 0) is 5.92 Å². The molecule has 10 heavy (non-hydrogen) atoms. The Hall–Kier alpha value is 0.717. The van der Waals surface area contributed by atoms with Gasteiger partial charge in [-0.3, -0.25) is 0 Å². The Kier molecular flexibility index (Phi) is 16.5. The van der Waals surface area contributed by atoms with Gasteiger partial charge in [0, 0.05) is 19.5 Å². The summed E-state index contributed by atoms with van der Waals surface area (Å²) in [6, 6.07) is 0. The molecule has 4 heteroatoms. The number of rotatable bonds is 1. The van der Waals surface area contributed by atoms with Crippen molar-refractivity contribution in [1.82, 2.24) is 0 Å². The molecular weight excluding hydrogens is 302 g/mol.